The molecule has 0 N–H and O–H groups in total. The monoisotopic (exact) mass is 344 g/mol. The summed E-state index contributed by atoms with van der Waals surface area (Å²) in [6, 6.07) is 21.3. The van der Waals surface area contributed by atoms with E-state index >= 15 is 0 Å². The summed E-state index contributed by atoms with van der Waals surface area (Å²) in [4.78, 5) is 0. The molecule has 2 aromatic carbocycles. The van der Waals surface area contributed by atoms with Crippen molar-refractivity contribution in [3.8, 4) is 0 Å². The Morgan fingerprint density at radius 3 is 1.57 bits per heavy atom. The van der Waals surface area contributed by atoms with Gasteiger partial charge in [0, 0.05) is 5.25 Å². The van der Waals surface area contributed by atoms with Crippen LogP contribution in [0.2, 0.25) is 0 Å². The molecule has 120 valence electrons. The van der Waals surface area contributed by atoms with Gasteiger partial charge in [-0.2, -0.15) is 0 Å². The van der Waals surface area contributed by atoms with Crippen molar-refractivity contribution in [3.63, 3.8) is 0 Å². The van der Waals surface area contributed by atoms with Gasteiger partial charge in [0.1, 0.15) is 0 Å². The first kappa shape index (κ1) is 18.2. The minimum absolute atomic E-state index is 0.271. The van der Waals surface area contributed by atoms with Crippen LogP contribution in [-0.2, 0) is 10.1 Å². The summed E-state index contributed by atoms with van der Waals surface area (Å²) in [7, 11) is -3.98. The van der Waals surface area contributed by atoms with Gasteiger partial charge < -0.3 is 4.55 Å². The van der Waals surface area contributed by atoms with Gasteiger partial charge in [-0.05, 0) is 12.8 Å². The molecule has 0 heterocycles. The molecule has 1 fully saturated rings. The molecule has 1 aliphatic rings. The van der Waals surface area contributed by atoms with Gasteiger partial charge in [0.05, 0.1) is 10.1 Å². The van der Waals surface area contributed by atoms with Crippen LogP contribution in [0.4, 0.5) is 0 Å². The average Bonchev–Trinajstić information content (AvgIpc) is 2.57. The maximum atomic E-state index is 10.4. The van der Waals surface area contributed by atoms with Gasteiger partial charge in [0.15, 0.2) is 0 Å². The topological polar surface area (TPSA) is 57.2 Å². The zero-order chi connectivity index (χ0) is 16.5. The van der Waals surface area contributed by atoms with Gasteiger partial charge >= 0.3 is 84.7 Å². The number of rotatable bonds is 3. The SMILES string of the molecule is O=S(=O)([O-])C1CCCCC1.c1cc[c]([Al+][c]2ccccc2)cc1. The third-order valence-electron chi connectivity index (χ3n) is 3.89. The van der Waals surface area contributed by atoms with Gasteiger partial charge in [0.2, 0.25) is 0 Å². The predicted octanol–water partition coefficient (Wildman–Crippen LogP) is 2.21. The fourth-order valence-electron chi connectivity index (χ4n) is 2.64. The summed E-state index contributed by atoms with van der Waals surface area (Å²) >= 11 is 0.271. The second kappa shape index (κ2) is 9.24. The summed E-state index contributed by atoms with van der Waals surface area (Å²) in [5.74, 6) is 0. The van der Waals surface area contributed by atoms with Crippen LogP contribution in [0.1, 0.15) is 32.1 Å². The zero-order valence-electron chi connectivity index (χ0n) is 13.1. The Morgan fingerprint density at radius 2 is 1.22 bits per heavy atom. The van der Waals surface area contributed by atoms with Gasteiger partial charge in [-0.3, -0.25) is 0 Å². The number of benzene rings is 2. The van der Waals surface area contributed by atoms with Crippen LogP contribution in [0, 0.1) is 0 Å². The number of hydrogen-bond acceptors (Lipinski definition) is 3. The molecule has 1 saturated carbocycles. The molecular weight excluding hydrogens is 323 g/mol. The van der Waals surface area contributed by atoms with E-state index in [0.717, 1.165) is 19.3 Å². The van der Waals surface area contributed by atoms with E-state index in [9.17, 15) is 13.0 Å². The molecule has 0 spiro atoms. The Bertz CT molecular complexity index is 628. The molecule has 0 bridgehead atoms. The summed E-state index contributed by atoms with van der Waals surface area (Å²) < 4.78 is 34.2. The first-order chi connectivity index (χ1) is 11.1. The molecule has 0 amide bonds. The van der Waals surface area contributed by atoms with E-state index in [0.29, 0.717) is 12.8 Å². The molecule has 5 heteroatoms. The van der Waals surface area contributed by atoms with Crippen molar-refractivity contribution >= 4 is 34.2 Å². The molecule has 0 radical (unpaired) electrons. The van der Waals surface area contributed by atoms with Gasteiger partial charge in [0.25, 0.3) is 0 Å². The van der Waals surface area contributed by atoms with E-state index < -0.39 is 15.4 Å². The second-order valence-corrected chi connectivity index (χ2v) is 8.99. The summed E-state index contributed by atoms with van der Waals surface area (Å²) in [6.45, 7) is 0. The Hall–Kier alpha value is -1.12. The Balaban J connectivity index is 0.000000174. The Kier molecular flexibility index (Phi) is 7.33. The normalized spacial score (nSPS) is 15.2. The van der Waals surface area contributed by atoms with Crippen molar-refractivity contribution < 1.29 is 13.0 Å². The quantitative estimate of drug-likeness (QED) is 0.634. The van der Waals surface area contributed by atoms with Crippen molar-refractivity contribution in [2.45, 2.75) is 37.4 Å². The van der Waals surface area contributed by atoms with Crippen LogP contribution in [-0.4, -0.2) is 33.4 Å². The fourth-order valence-corrected chi connectivity index (χ4v) is 4.77. The molecule has 2 aromatic rings. The predicted molar refractivity (Wildman–Crippen MR) is 94.5 cm³/mol. The molecule has 0 saturated heterocycles. The summed E-state index contributed by atoms with van der Waals surface area (Å²) in [5.41, 5.74) is 0. The van der Waals surface area contributed by atoms with Crippen LogP contribution < -0.4 is 8.85 Å². The van der Waals surface area contributed by atoms with Crippen molar-refractivity contribution in [1.29, 1.82) is 0 Å². The standard InChI is InChI=1S/C6H12O3S.2C6H5.Al/c7-10(8,9)6-4-2-1-3-5-6;2*1-2-4-6-5-3-1;/h6H,1-5H2,(H,7,8,9);2*1-5H;/q;;;+1/p-1. The fraction of sp³-hybridized carbons (Fsp3) is 0.333. The van der Waals surface area contributed by atoms with E-state index in [-0.39, 0.29) is 15.2 Å². The molecule has 0 aliphatic heterocycles. The van der Waals surface area contributed by atoms with Gasteiger partial charge in [-0.25, -0.2) is 8.42 Å². The molecule has 0 atom stereocenters. The van der Waals surface area contributed by atoms with Crippen molar-refractivity contribution in [1.82, 2.24) is 0 Å². The van der Waals surface area contributed by atoms with E-state index in [2.05, 4.69) is 60.7 Å². The van der Waals surface area contributed by atoms with Gasteiger partial charge in [-0.1, -0.05) is 19.3 Å². The molecule has 1 aliphatic carbocycles. The van der Waals surface area contributed by atoms with E-state index in [1.165, 1.54) is 8.85 Å². The second-order valence-electron chi connectivity index (χ2n) is 5.72. The molecule has 0 unspecified atom stereocenters. The van der Waals surface area contributed by atoms with Crippen molar-refractivity contribution in [2.24, 2.45) is 0 Å². The van der Waals surface area contributed by atoms with E-state index in [4.69, 9.17) is 0 Å². The molecule has 23 heavy (non-hydrogen) atoms. The first-order valence-corrected chi connectivity index (χ1v) is 10.6. The average molecular weight is 344 g/mol. The third-order valence-corrected chi connectivity index (χ3v) is 6.62. The molecule has 3 rings (SSSR count). The maximum absolute atomic E-state index is 10.4. The molecule has 0 aromatic heterocycles. The zero-order valence-corrected chi connectivity index (χ0v) is 15.1. The first-order valence-electron chi connectivity index (χ1n) is 7.95. The van der Waals surface area contributed by atoms with Crippen LogP contribution in [0.3, 0.4) is 0 Å². The Morgan fingerprint density at radius 1 is 0.783 bits per heavy atom. The van der Waals surface area contributed by atoms with Crippen molar-refractivity contribution in [3.05, 3.63) is 60.7 Å². The third kappa shape index (κ3) is 6.89. The number of hydrogen-bond donors (Lipinski definition) is 0. The van der Waals surface area contributed by atoms with Crippen LogP contribution >= 0.6 is 0 Å². The summed E-state index contributed by atoms with van der Waals surface area (Å²) in [5, 5.41) is -0.582. The van der Waals surface area contributed by atoms with Gasteiger partial charge in [-0.15, -0.1) is 0 Å². The summed E-state index contributed by atoms with van der Waals surface area (Å²) in [6.07, 6.45) is 4.02. The Labute approximate surface area is 145 Å². The molecule has 3 nitrogen and oxygen atoms in total. The minimum atomic E-state index is -3.98. The van der Waals surface area contributed by atoms with Crippen LogP contribution in [0.25, 0.3) is 0 Å². The van der Waals surface area contributed by atoms with E-state index in [1.54, 1.807) is 0 Å². The van der Waals surface area contributed by atoms with Crippen molar-refractivity contribution in [2.75, 3.05) is 0 Å². The van der Waals surface area contributed by atoms with Crippen LogP contribution in [0.5, 0.6) is 0 Å². The van der Waals surface area contributed by atoms with E-state index in [1.807, 2.05) is 0 Å². The van der Waals surface area contributed by atoms with Crippen LogP contribution in [0.15, 0.2) is 60.7 Å². The molecular formula is C18H21AlO3S.